The van der Waals surface area contributed by atoms with Gasteiger partial charge in [0.05, 0.1) is 0 Å². The molecule has 4 nitrogen and oxygen atoms in total. The predicted molar refractivity (Wildman–Crippen MR) is 60.8 cm³/mol. The van der Waals surface area contributed by atoms with Crippen LogP contribution >= 0.6 is 0 Å². The van der Waals surface area contributed by atoms with Crippen molar-refractivity contribution in [1.29, 1.82) is 0 Å². The maximum atomic E-state index is 11.7. The van der Waals surface area contributed by atoms with E-state index in [4.69, 9.17) is 0 Å². The van der Waals surface area contributed by atoms with E-state index < -0.39 is 6.10 Å². The van der Waals surface area contributed by atoms with Crippen LogP contribution in [0.4, 0.5) is 0 Å². The molecule has 0 aromatic heterocycles. The molecule has 1 aromatic carbocycles. The SMILES string of the molecule is O=C(N[C@H]1CCNC1)C(O)c1ccccc1. The van der Waals surface area contributed by atoms with Crippen LogP contribution in [0.5, 0.6) is 0 Å². The molecule has 0 radical (unpaired) electrons. The van der Waals surface area contributed by atoms with E-state index in [1.165, 1.54) is 0 Å². The first-order valence-electron chi connectivity index (χ1n) is 5.51. The Labute approximate surface area is 94.7 Å². The Hall–Kier alpha value is -1.39. The summed E-state index contributed by atoms with van der Waals surface area (Å²) in [7, 11) is 0. The number of amides is 1. The second kappa shape index (κ2) is 5.09. The van der Waals surface area contributed by atoms with E-state index in [1.807, 2.05) is 18.2 Å². The Morgan fingerprint density at radius 3 is 2.81 bits per heavy atom. The minimum Gasteiger partial charge on any atom is -0.378 e. The maximum absolute atomic E-state index is 11.7. The highest BCUT2D eigenvalue weighted by atomic mass is 16.3. The van der Waals surface area contributed by atoms with Gasteiger partial charge in [-0.15, -0.1) is 0 Å². The molecule has 1 unspecified atom stereocenters. The van der Waals surface area contributed by atoms with Crippen molar-refractivity contribution in [2.24, 2.45) is 0 Å². The number of nitrogens with one attached hydrogen (secondary N) is 2. The van der Waals surface area contributed by atoms with Gasteiger partial charge in [-0.05, 0) is 18.5 Å². The van der Waals surface area contributed by atoms with E-state index in [0.717, 1.165) is 19.5 Å². The molecule has 0 aliphatic carbocycles. The third kappa shape index (κ3) is 2.59. The first-order valence-corrected chi connectivity index (χ1v) is 5.51. The smallest absolute Gasteiger partial charge is 0.253 e. The second-order valence-electron chi connectivity index (χ2n) is 4.01. The van der Waals surface area contributed by atoms with Crippen LogP contribution in [-0.2, 0) is 4.79 Å². The number of benzene rings is 1. The number of aliphatic hydroxyl groups is 1. The van der Waals surface area contributed by atoms with Crippen LogP contribution in [0.1, 0.15) is 18.1 Å². The summed E-state index contributed by atoms with van der Waals surface area (Å²) < 4.78 is 0. The van der Waals surface area contributed by atoms with Gasteiger partial charge < -0.3 is 15.7 Å². The molecule has 1 amide bonds. The lowest BCUT2D eigenvalue weighted by Crippen LogP contribution is -2.39. The zero-order valence-corrected chi connectivity index (χ0v) is 9.02. The Morgan fingerprint density at radius 1 is 1.44 bits per heavy atom. The fourth-order valence-corrected chi connectivity index (χ4v) is 1.84. The van der Waals surface area contributed by atoms with Gasteiger partial charge in [-0.2, -0.15) is 0 Å². The van der Waals surface area contributed by atoms with E-state index >= 15 is 0 Å². The summed E-state index contributed by atoms with van der Waals surface area (Å²) in [5, 5.41) is 15.8. The highest BCUT2D eigenvalue weighted by Crippen LogP contribution is 2.12. The van der Waals surface area contributed by atoms with Gasteiger partial charge in [0.2, 0.25) is 0 Å². The van der Waals surface area contributed by atoms with Crippen molar-refractivity contribution in [3.8, 4) is 0 Å². The molecule has 1 aromatic rings. The number of rotatable bonds is 3. The van der Waals surface area contributed by atoms with E-state index in [1.54, 1.807) is 12.1 Å². The Bertz CT molecular complexity index is 347. The molecule has 1 aliphatic heterocycles. The third-order valence-corrected chi connectivity index (χ3v) is 2.77. The monoisotopic (exact) mass is 220 g/mol. The minimum atomic E-state index is -1.07. The van der Waals surface area contributed by atoms with Crippen LogP contribution < -0.4 is 10.6 Å². The predicted octanol–water partition coefficient (Wildman–Crippen LogP) is 0.198. The van der Waals surface area contributed by atoms with Crippen molar-refractivity contribution < 1.29 is 9.90 Å². The van der Waals surface area contributed by atoms with E-state index in [2.05, 4.69) is 10.6 Å². The van der Waals surface area contributed by atoms with Crippen LogP contribution in [0.15, 0.2) is 30.3 Å². The standard InChI is InChI=1S/C12H16N2O2/c15-11(9-4-2-1-3-5-9)12(16)14-10-6-7-13-8-10/h1-5,10-11,13,15H,6-8H2,(H,14,16)/t10-,11?/m0/s1. The lowest BCUT2D eigenvalue weighted by atomic mass is 10.1. The van der Waals surface area contributed by atoms with Crippen molar-refractivity contribution in [2.75, 3.05) is 13.1 Å². The zero-order chi connectivity index (χ0) is 11.4. The van der Waals surface area contributed by atoms with Gasteiger partial charge in [-0.1, -0.05) is 30.3 Å². The molecule has 4 heteroatoms. The Kier molecular flexibility index (Phi) is 3.54. The summed E-state index contributed by atoms with van der Waals surface area (Å²) in [5.41, 5.74) is 0.631. The van der Waals surface area contributed by atoms with Crippen LogP contribution in [0.3, 0.4) is 0 Å². The normalized spacial score (nSPS) is 21.7. The number of carbonyl (C=O) groups is 1. The molecule has 16 heavy (non-hydrogen) atoms. The second-order valence-corrected chi connectivity index (χ2v) is 4.01. The van der Waals surface area contributed by atoms with E-state index in [0.29, 0.717) is 5.56 Å². The molecule has 3 N–H and O–H groups in total. The summed E-state index contributed by atoms with van der Waals surface area (Å²) in [6, 6.07) is 9.11. The third-order valence-electron chi connectivity index (χ3n) is 2.77. The largest absolute Gasteiger partial charge is 0.378 e. The van der Waals surface area contributed by atoms with Crippen molar-refractivity contribution in [3.05, 3.63) is 35.9 Å². The minimum absolute atomic E-state index is 0.144. The van der Waals surface area contributed by atoms with Gasteiger partial charge in [-0.3, -0.25) is 4.79 Å². The first-order chi connectivity index (χ1) is 7.77. The van der Waals surface area contributed by atoms with Gasteiger partial charge in [0.25, 0.3) is 5.91 Å². The fourth-order valence-electron chi connectivity index (χ4n) is 1.84. The molecule has 0 saturated carbocycles. The molecule has 1 fully saturated rings. The molecule has 0 bridgehead atoms. The number of hydrogen-bond donors (Lipinski definition) is 3. The van der Waals surface area contributed by atoms with Crippen LogP contribution in [0.25, 0.3) is 0 Å². The highest BCUT2D eigenvalue weighted by Gasteiger charge is 2.22. The maximum Gasteiger partial charge on any atom is 0.253 e. The van der Waals surface area contributed by atoms with Crippen LogP contribution in [-0.4, -0.2) is 30.1 Å². The molecule has 1 heterocycles. The summed E-state index contributed by atoms with van der Waals surface area (Å²) >= 11 is 0. The molecular formula is C12H16N2O2. The van der Waals surface area contributed by atoms with Crippen molar-refractivity contribution in [1.82, 2.24) is 10.6 Å². The quantitative estimate of drug-likeness (QED) is 0.682. The Balaban J connectivity index is 1.94. The lowest BCUT2D eigenvalue weighted by Gasteiger charge is -2.15. The van der Waals surface area contributed by atoms with Crippen LogP contribution in [0, 0.1) is 0 Å². The van der Waals surface area contributed by atoms with E-state index in [9.17, 15) is 9.90 Å². The molecule has 1 aliphatic rings. The summed E-state index contributed by atoms with van der Waals surface area (Å²) in [6.07, 6.45) is -0.144. The van der Waals surface area contributed by atoms with Gasteiger partial charge in [0.15, 0.2) is 6.10 Å². The van der Waals surface area contributed by atoms with Crippen molar-refractivity contribution >= 4 is 5.91 Å². The fraction of sp³-hybridized carbons (Fsp3) is 0.417. The molecule has 0 spiro atoms. The van der Waals surface area contributed by atoms with Gasteiger partial charge >= 0.3 is 0 Å². The first kappa shape index (κ1) is 11.1. The van der Waals surface area contributed by atoms with E-state index in [-0.39, 0.29) is 11.9 Å². The molecule has 2 rings (SSSR count). The molecule has 86 valence electrons. The average molecular weight is 220 g/mol. The number of hydrogen-bond acceptors (Lipinski definition) is 3. The zero-order valence-electron chi connectivity index (χ0n) is 9.02. The van der Waals surface area contributed by atoms with Crippen molar-refractivity contribution in [2.45, 2.75) is 18.6 Å². The molecule has 1 saturated heterocycles. The van der Waals surface area contributed by atoms with Gasteiger partial charge in [0.1, 0.15) is 0 Å². The van der Waals surface area contributed by atoms with Gasteiger partial charge in [-0.25, -0.2) is 0 Å². The molecular weight excluding hydrogens is 204 g/mol. The highest BCUT2D eigenvalue weighted by molar-refractivity contribution is 5.82. The summed E-state index contributed by atoms with van der Waals surface area (Å²) in [5.74, 6) is -0.320. The summed E-state index contributed by atoms with van der Waals surface area (Å²) in [4.78, 5) is 11.7. The average Bonchev–Trinajstić information content (AvgIpc) is 2.82. The van der Waals surface area contributed by atoms with Gasteiger partial charge in [0, 0.05) is 12.6 Å². The summed E-state index contributed by atoms with van der Waals surface area (Å²) in [6.45, 7) is 1.71. The van der Waals surface area contributed by atoms with Crippen LogP contribution in [0.2, 0.25) is 0 Å². The Morgan fingerprint density at radius 2 is 2.19 bits per heavy atom. The number of carbonyl (C=O) groups excluding carboxylic acids is 1. The van der Waals surface area contributed by atoms with Crippen molar-refractivity contribution in [3.63, 3.8) is 0 Å². The molecule has 2 atom stereocenters. The topological polar surface area (TPSA) is 61.4 Å². The number of aliphatic hydroxyl groups excluding tert-OH is 1. The lowest BCUT2D eigenvalue weighted by molar-refractivity contribution is -0.130.